The van der Waals surface area contributed by atoms with Gasteiger partial charge in [-0.25, -0.2) is 0 Å². The number of ether oxygens (including phenoxy) is 4. The predicted molar refractivity (Wildman–Crippen MR) is 108 cm³/mol. The molecule has 2 aromatic rings. The molecule has 26 heavy (non-hydrogen) atoms. The first-order valence-electron chi connectivity index (χ1n) is 8.45. The van der Waals surface area contributed by atoms with Gasteiger partial charge >= 0.3 is 0 Å². The second-order valence-electron chi connectivity index (χ2n) is 5.93. The van der Waals surface area contributed by atoms with Crippen molar-refractivity contribution in [1.29, 1.82) is 0 Å². The molecule has 0 unspecified atom stereocenters. The summed E-state index contributed by atoms with van der Waals surface area (Å²) in [5, 5.41) is 2.39. The molecule has 0 radical (unpaired) electrons. The van der Waals surface area contributed by atoms with Crippen LogP contribution in [-0.2, 0) is 18.9 Å². The minimum Gasteiger partial charge on any atom is -0.360 e. The summed E-state index contributed by atoms with van der Waals surface area (Å²) in [4.78, 5) is 12.7. The molecule has 0 saturated carbocycles. The van der Waals surface area contributed by atoms with Crippen molar-refractivity contribution in [2.45, 2.75) is 11.8 Å². The Bertz CT molecular complexity index is 621. The first kappa shape index (κ1) is 20.7. The average molecular weight is 391 g/mol. The van der Waals surface area contributed by atoms with Crippen molar-refractivity contribution in [2.24, 2.45) is 0 Å². The third-order valence-corrected chi connectivity index (χ3v) is 8.17. The Hall–Kier alpha value is -1.62. The van der Waals surface area contributed by atoms with Crippen LogP contribution in [0.25, 0.3) is 0 Å². The fraction of sp³-hybridized carbons (Fsp3) is 0.316. The van der Waals surface area contributed by atoms with Crippen LogP contribution in [-0.4, -0.2) is 65.1 Å². The quantitative estimate of drug-likeness (QED) is 0.316. The molecule has 2 rings (SSSR count). The third-order valence-electron chi connectivity index (χ3n) is 4.29. The van der Waals surface area contributed by atoms with Gasteiger partial charge in [-0.2, -0.15) is 0 Å². The summed E-state index contributed by atoms with van der Waals surface area (Å²) in [5.74, 6) is -0.260. The minimum absolute atomic E-state index is 0.0245. The Kier molecular flexibility index (Phi) is 8.37. The summed E-state index contributed by atoms with van der Waals surface area (Å²) in [6, 6.07) is 15.5. The molecular weight excluding hydrogens is 364 g/mol. The number of rotatable bonds is 10. The molecule has 2 aromatic carbocycles. The van der Waals surface area contributed by atoms with Crippen molar-refractivity contribution >= 4 is 35.2 Å². The van der Waals surface area contributed by atoms with Crippen LogP contribution < -0.4 is 10.4 Å². The second kappa shape index (κ2) is 10.5. The van der Waals surface area contributed by atoms with E-state index in [1.807, 2.05) is 48.5 Å². The fourth-order valence-electron chi connectivity index (χ4n) is 2.66. The van der Waals surface area contributed by atoms with Gasteiger partial charge < -0.3 is 18.9 Å². The smallest absolute Gasteiger partial charge is 0.193 e. The molecule has 0 aliphatic carbocycles. The normalized spacial score (nSPS) is 12.2. The molecule has 0 N–H and O–H groups in total. The van der Waals surface area contributed by atoms with Crippen LogP contribution in [0.5, 0.6) is 0 Å². The maximum Gasteiger partial charge on any atom is 0.193 e. The van der Waals surface area contributed by atoms with Gasteiger partial charge in [-0.1, -0.05) is 58.9 Å². The molecule has 0 aliphatic rings. The van der Waals surface area contributed by atoms with E-state index >= 15 is 0 Å². The molecule has 140 valence electrons. The van der Waals surface area contributed by atoms with Crippen LogP contribution in [0.1, 0.15) is 15.9 Å². The Balaban J connectivity index is 2.04. The first-order valence-corrected chi connectivity index (χ1v) is 11.5. The number of hydrogen-bond acceptors (Lipinski definition) is 5. The largest absolute Gasteiger partial charge is 0.360 e. The molecule has 0 aliphatic heterocycles. The second-order valence-corrected chi connectivity index (χ2v) is 9.72. The Labute approximate surface area is 159 Å². The lowest BCUT2D eigenvalue weighted by Crippen LogP contribution is -2.31. The predicted octanol–water partition coefficient (Wildman–Crippen LogP) is -0.341. The maximum absolute atomic E-state index is 12.7. The SMILES string of the molecule is COC(OC)[SiH2]c1ccc(C(=O)c2ccc([SiH2]C(OC)OC)cc2)cc1. The Morgan fingerprint density at radius 3 is 1.23 bits per heavy atom. The minimum atomic E-state index is -0.697. The van der Waals surface area contributed by atoms with Gasteiger partial charge in [0.05, 0.1) is 0 Å². The van der Waals surface area contributed by atoms with Crippen LogP contribution in [0, 0.1) is 0 Å². The van der Waals surface area contributed by atoms with Gasteiger partial charge in [0.2, 0.25) is 0 Å². The van der Waals surface area contributed by atoms with Gasteiger partial charge in [-0.15, -0.1) is 0 Å². The van der Waals surface area contributed by atoms with E-state index in [1.54, 1.807) is 28.4 Å². The van der Waals surface area contributed by atoms with Crippen molar-refractivity contribution in [1.82, 2.24) is 0 Å². The summed E-state index contributed by atoms with van der Waals surface area (Å²) in [6.07, 6.45) is 0. The van der Waals surface area contributed by atoms with Gasteiger partial charge in [-0.05, 0) is 0 Å². The highest BCUT2D eigenvalue weighted by Gasteiger charge is 2.12. The van der Waals surface area contributed by atoms with Crippen LogP contribution in [0.15, 0.2) is 48.5 Å². The van der Waals surface area contributed by atoms with Gasteiger partial charge in [0.25, 0.3) is 0 Å². The number of methoxy groups -OCH3 is 4. The summed E-state index contributed by atoms with van der Waals surface area (Å²) in [7, 11) is 5.19. The number of carbonyl (C=O) groups excluding carboxylic acids is 1. The van der Waals surface area contributed by atoms with Gasteiger partial charge in [0.15, 0.2) is 5.78 Å². The summed E-state index contributed by atoms with van der Waals surface area (Å²) in [6.45, 7) is 0. The average Bonchev–Trinajstić information content (AvgIpc) is 2.70. The Morgan fingerprint density at radius 2 is 0.962 bits per heavy atom. The molecule has 0 aromatic heterocycles. The van der Waals surface area contributed by atoms with E-state index in [0.717, 1.165) is 0 Å². The lowest BCUT2D eigenvalue weighted by atomic mass is 10.0. The lowest BCUT2D eigenvalue weighted by molar-refractivity contribution is -0.0430. The monoisotopic (exact) mass is 390 g/mol. The molecule has 0 amide bonds. The lowest BCUT2D eigenvalue weighted by Gasteiger charge is -2.13. The summed E-state index contributed by atoms with van der Waals surface area (Å²) in [5.41, 5.74) is 1.37. The highest BCUT2D eigenvalue weighted by molar-refractivity contribution is 6.54. The van der Waals surface area contributed by atoms with Gasteiger partial charge in [-0.3, -0.25) is 4.79 Å². The highest BCUT2D eigenvalue weighted by atomic mass is 28.2. The van der Waals surface area contributed by atoms with Gasteiger partial charge in [0, 0.05) is 39.6 Å². The van der Waals surface area contributed by atoms with E-state index in [9.17, 15) is 4.79 Å². The van der Waals surface area contributed by atoms with Crippen molar-refractivity contribution in [2.75, 3.05) is 28.4 Å². The molecule has 0 bridgehead atoms. The van der Waals surface area contributed by atoms with Crippen molar-refractivity contribution in [3.63, 3.8) is 0 Å². The summed E-state index contributed by atoms with van der Waals surface area (Å²) >= 11 is 0. The zero-order chi connectivity index (χ0) is 18.9. The van der Waals surface area contributed by atoms with E-state index in [-0.39, 0.29) is 17.6 Å². The van der Waals surface area contributed by atoms with Crippen LogP contribution in [0.4, 0.5) is 0 Å². The number of carbonyl (C=O) groups is 1. The summed E-state index contributed by atoms with van der Waals surface area (Å²) < 4.78 is 21.1. The molecule has 0 heterocycles. The van der Waals surface area contributed by atoms with E-state index < -0.39 is 19.0 Å². The third kappa shape index (κ3) is 5.70. The number of ketones is 1. The molecule has 7 heteroatoms. The molecule has 5 nitrogen and oxygen atoms in total. The molecular formula is C19H26O5Si2. The zero-order valence-electron chi connectivity index (χ0n) is 15.7. The first-order chi connectivity index (χ1) is 12.6. The van der Waals surface area contributed by atoms with Crippen molar-refractivity contribution in [3.05, 3.63) is 59.7 Å². The Morgan fingerprint density at radius 1 is 0.654 bits per heavy atom. The van der Waals surface area contributed by atoms with E-state index in [0.29, 0.717) is 11.1 Å². The van der Waals surface area contributed by atoms with E-state index in [1.165, 1.54) is 10.4 Å². The standard InChI is InChI=1S/C19H26O5Si2/c1-21-18(22-2)25-15-9-5-13(6-10-15)17(20)14-7-11-16(12-8-14)26-19(23-3)24-4/h5-12,18-19H,25-26H2,1-4H3. The number of benzene rings is 2. The highest BCUT2D eigenvalue weighted by Crippen LogP contribution is 2.08. The van der Waals surface area contributed by atoms with Crippen molar-refractivity contribution < 1.29 is 23.7 Å². The molecule has 0 fully saturated rings. The molecule has 0 spiro atoms. The van der Waals surface area contributed by atoms with Crippen LogP contribution in [0.2, 0.25) is 0 Å². The molecule has 0 atom stereocenters. The maximum atomic E-state index is 12.7. The topological polar surface area (TPSA) is 54.0 Å². The van der Waals surface area contributed by atoms with Crippen LogP contribution >= 0.6 is 0 Å². The van der Waals surface area contributed by atoms with Gasteiger partial charge in [0.1, 0.15) is 30.9 Å². The molecule has 0 saturated heterocycles. The fourth-order valence-corrected chi connectivity index (χ4v) is 5.11. The van der Waals surface area contributed by atoms with E-state index in [2.05, 4.69) is 0 Å². The number of hydrogen-bond donors (Lipinski definition) is 0. The van der Waals surface area contributed by atoms with E-state index in [4.69, 9.17) is 18.9 Å². The van der Waals surface area contributed by atoms with Crippen LogP contribution in [0.3, 0.4) is 0 Å². The zero-order valence-corrected chi connectivity index (χ0v) is 18.6. The van der Waals surface area contributed by atoms with Crippen molar-refractivity contribution in [3.8, 4) is 0 Å².